The van der Waals surface area contributed by atoms with E-state index in [4.69, 9.17) is 17.3 Å². The van der Waals surface area contributed by atoms with Crippen molar-refractivity contribution in [1.29, 1.82) is 0 Å². The molecule has 4 heteroatoms. The molecule has 0 saturated heterocycles. The molecule has 0 bridgehead atoms. The minimum absolute atomic E-state index is 0.107. The highest BCUT2D eigenvalue weighted by molar-refractivity contribution is 6.30. The van der Waals surface area contributed by atoms with Crippen molar-refractivity contribution in [3.63, 3.8) is 0 Å². The Morgan fingerprint density at radius 3 is 2.43 bits per heavy atom. The van der Waals surface area contributed by atoms with Gasteiger partial charge in [-0.05, 0) is 26.7 Å². The average Bonchev–Trinajstić information content (AvgIpc) is 2.81. The third-order valence-corrected chi connectivity index (χ3v) is 3.74. The van der Waals surface area contributed by atoms with E-state index in [2.05, 4.69) is 12.0 Å². The standard InChI is InChI=1S/C10H16ClN3/c1-6-8(9(11)14(3)13-6)10(4-5-10)7(2)12/h7H,4-5,12H2,1-3H3. The molecule has 14 heavy (non-hydrogen) atoms. The van der Waals surface area contributed by atoms with Crippen LogP contribution in [0.2, 0.25) is 5.15 Å². The fourth-order valence-corrected chi connectivity index (χ4v) is 2.63. The van der Waals surface area contributed by atoms with E-state index in [0.717, 1.165) is 29.3 Å². The molecule has 1 heterocycles. The zero-order valence-electron chi connectivity index (χ0n) is 8.84. The number of aryl methyl sites for hydroxylation is 2. The van der Waals surface area contributed by atoms with Gasteiger partial charge in [-0.2, -0.15) is 5.10 Å². The highest BCUT2D eigenvalue weighted by Gasteiger charge is 2.50. The number of hydrogen-bond acceptors (Lipinski definition) is 2. The van der Waals surface area contributed by atoms with Crippen LogP contribution in [-0.4, -0.2) is 15.8 Å². The largest absolute Gasteiger partial charge is 0.327 e. The van der Waals surface area contributed by atoms with E-state index in [-0.39, 0.29) is 11.5 Å². The van der Waals surface area contributed by atoms with Crippen LogP contribution in [0.1, 0.15) is 31.0 Å². The van der Waals surface area contributed by atoms with E-state index in [9.17, 15) is 0 Å². The Bertz CT molecular complexity index is 364. The Hall–Kier alpha value is -0.540. The van der Waals surface area contributed by atoms with Crippen LogP contribution in [0.4, 0.5) is 0 Å². The number of rotatable bonds is 2. The minimum atomic E-state index is 0.107. The van der Waals surface area contributed by atoms with Gasteiger partial charge in [-0.25, -0.2) is 0 Å². The molecule has 0 aromatic carbocycles. The monoisotopic (exact) mass is 213 g/mol. The third-order valence-electron chi connectivity index (χ3n) is 3.31. The molecule has 1 unspecified atom stereocenters. The number of halogens is 1. The van der Waals surface area contributed by atoms with Crippen LogP contribution in [-0.2, 0) is 12.5 Å². The molecule has 2 N–H and O–H groups in total. The van der Waals surface area contributed by atoms with Gasteiger partial charge >= 0.3 is 0 Å². The molecule has 1 aliphatic rings. The first-order valence-corrected chi connectivity index (χ1v) is 5.32. The fourth-order valence-electron chi connectivity index (χ4n) is 2.26. The molecule has 3 nitrogen and oxygen atoms in total. The molecular formula is C10H16ClN3. The molecule has 2 rings (SSSR count). The Balaban J connectivity index is 2.51. The van der Waals surface area contributed by atoms with Gasteiger partial charge in [0.1, 0.15) is 5.15 Å². The van der Waals surface area contributed by atoms with E-state index < -0.39 is 0 Å². The number of hydrogen-bond donors (Lipinski definition) is 1. The Kier molecular flexibility index (Phi) is 2.12. The van der Waals surface area contributed by atoms with Crippen LogP contribution in [0.25, 0.3) is 0 Å². The molecular weight excluding hydrogens is 198 g/mol. The third kappa shape index (κ3) is 1.19. The number of nitrogens with zero attached hydrogens (tertiary/aromatic N) is 2. The topological polar surface area (TPSA) is 43.8 Å². The molecule has 1 aromatic rings. The molecule has 1 atom stereocenters. The molecule has 1 aromatic heterocycles. The number of nitrogens with two attached hydrogens (primary N) is 1. The molecule has 0 amide bonds. The SMILES string of the molecule is Cc1nn(C)c(Cl)c1C1(C(C)N)CC1. The quantitative estimate of drug-likeness (QED) is 0.814. The summed E-state index contributed by atoms with van der Waals surface area (Å²) in [5, 5.41) is 5.08. The van der Waals surface area contributed by atoms with Crippen molar-refractivity contribution >= 4 is 11.6 Å². The minimum Gasteiger partial charge on any atom is -0.327 e. The van der Waals surface area contributed by atoms with Crippen LogP contribution in [0.5, 0.6) is 0 Å². The van der Waals surface area contributed by atoms with Crippen LogP contribution in [0.15, 0.2) is 0 Å². The van der Waals surface area contributed by atoms with E-state index in [1.165, 1.54) is 0 Å². The van der Waals surface area contributed by atoms with Crippen molar-refractivity contribution in [1.82, 2.24) is 9.78 Å². The second-order valence-corrected chi connectivity index (χ2v) is 4.68. The van der Waals surface area contributed by atoms with Gasteiger partial charge in [0.05, 0.1) is 5.69 Å². The molecule has 1 aliphatic carbocycles. The first-order valence-electron chi connectivity index (χ1n) is 4.94. The van der Waals surface area contributed by atoms with E-state index in [1.54, 1.807) is 4.68 Å². The maximum absolute atomic E-state index is 6.23. The molecule has 0 aliphatic heterocycles. The van der Waals surface area contributed by atoms with Crippen molar-refractivity contribution in [2.45, 2.75) is 38.1 Å². The first kappa shape index (κ1) is 9.99. The lowest BCUT2D eigenvalue weighted by atomic mass is 9.90. The molecule has 1 fully saturated rings. The number of aromatic nitrogens is 2. The van der Waals surface area contributed by atoms with Crippen LogP contribution >= 0.6 is 11.6 Å². The summed E-state index contributed by atoms with van der Waals surface area (Å²) in [7, 11) is 1.87. The summed E-state index contributed by atoms with van der Waals surface area (Å²) in [5.74, 6) is 0. The summed E-state index contributed by atoms with van der Waals surface area (Å²) >= 11 is 6.23. The Morgan fingerprint density at radius 2 is 2.14 bits per heavy atom. The summed E-state index contributed by atoms with van der Waals surface area (Å²) in [5.41, 5.74) is 8.31. The maximum atomic E-state index is 6.23. The van der Waals surface area contributed by atoms with Crippen LogP contribution in [0, 0.1) is 6.92 Å². The van der Waals surface area contributed by atoms with Crippen molar-refractivity contribution < 1.29 is 0 Å². The lowest BCUT2D eigenvalue weighted by molar-refractivity contribution is 0.554. The fraction of sp³-hybridized carbons (Fsp3) is 0.700. The molecule has 0 spiro atoms. The van der Waals surface area contributed by atoms with Gasteiger partial charge < -0.3 is 5.73 Å². The Labute approximate surface area is 89.2 Å². The van der Waals surface area contributed by atoms with Gasteiger partial charge in [0, 0.05) is 24.1 Å². The van der Waals surface area contributed by atoms with E-state index >= 15 is 0 Å². The second kappa shape index (κ2) is 2.97. The predicted molar refractivity (Wildman–Crippen MR) is 57.5 cm³/mol. The molecule has 0 radical (unpaired) electrons. The van der Waals surface area contributed by atoms with Crippen LogP contribution in [0.3, 0.4) is 0 Å². The van der Waals surface area contributed by atoms with Gasteiger partial charge in [0.2, 0.25) is 0 Å². The van der Waals surface area contributed by atoms with Crippen molar-refractivity contribution in [2.24, 2.45) is 12.8 Å². The van der Waals surface area contributed by atoms with Crippen molar-refractivity contribution in [3.05, 3.63) is 16.4 Å². The van der Waals surface area contributed by atoms with E-state index in [0.29, 0.717) is 0 Å². The van der Waals surface area contributed by atoms with Crippen molar-refractivity contribution in [2.75, 3.05) is 0 Å². The molecule has 78 valence electrons. The predicted octanol–water partition coefficient (Wildman–Crippen LogP) is 1.76. The second-order valence-electron chi connectivity index (χ2n) is 4.32. The zero-order chi connectivity index (χ0) is 10.5. The summed E-state index contributed by atoms with van der Waals surface area (Å²) in [4.78, 5) is 0. The summed E-state index contributed by atoms with van der Waals surface area (Å²) in [6, 6.07) is 0.155. The summed E-state index contributed by atoms with van der Waals surface area (Å²) in [6.45, 7) is 4.05. The molecule has 1 saturated carbocycles. The highest BCUT2D eigenvalue weighted by atomic mass is 35.5. The van der Waals surface area contributed by atoms with Gasteiger partial charge in [0.25, 0.3) is 0 Å². The Morgan fingerprint density at radius 1 is 1.57 bits per heavy atom. The normalized spacial score (nSPS) is 20.9. The van der Waals surface area contributed by atoms with Gasteiger partial charge in [-0.3, -0.25) is 4.68 Å². The lowest BCUT2D eigenvalue weighted by Crippen LogP contribution is -2.32. The first-order chi connectivity index (χ1) is 6.49. The van der Waals surface area contributed by atoms with E-state index in [1.807, 2.05) is 14.0 Å². The zero-order valence-corrected chi connectivity index (χ0v) is 9.60. The maximum Gasteiger partial charge on any atom is 0.130 e. The van der Waals surface area contributed by atoms with Gasteiger partial charge in [-0.15, -0.1) is 0 Å². The average molecular weight is 214 g/mol. The van der Waals surface area contributed by atoms with Gasteiger partial charge in [0.15, 0.2) is 0 Å². The lowest BCUT2D eigenvalue weighted by Gasteiger charge is -2.19. The van der Waals surface area contributed by atoms with Crippen molar-refractivity contribution in [3.8, 4) is 0 Å². The summed E-state index contributed by atoms with van der Waals surface area (Å²) in [6.07, 6.45) is 2.27. The van der Waals surface area contributed by atoms with Gasteiger partial charge in [-0.1, -0.05) is 11.6 Å². The highest BCUT2D eigenvalue weighted by Crippen LogP contribution is 2.53. The smallest absolute Gasteiger partial charge is 0.130 e. The van der Waals surface area contributed by atoms with Crippen LogP contribution < -0.4 is 5.73 Å². The summed E-state index contributed by atoms with van der Waals surface area (Å²) < 4.78 is 1.73.